The van der Waals surface area contributed by atoms with Crippen molar-refractivity contribution >= 4 is 0 Å². The molecular formula is C119H192. The van der Waals surface area contributed by atoms with Gasteiger partial charge in [0, 0.05) is 0 Å². The molecular weight excluding hydrogens is 1430 g/mol. The highest BCUT2D eigenvalue weighted by molar-refractivity contribution is 5.46. The summed E-state index contributed by atoms with van der Waals surface area (Å²) in [5, 5.41) is 0. The van der Waals surface area contributed by atoms with Crippen molar-refractivity contribution in [3.8, 4) is 0 Å². The molecule has 119 heavy (non-hydrogen) atoms. The van der Waals surface area contributed by atoms with Crippen LogP contribution in [0, 0.1) is 155 Å². The van der Waals surface area contributed by atoms with Gasteiger partial charge >= 0.3 is 0 Å². The van der Waals surface area contributed by atoms with E-state index in [9.17, 15) is 0 Å². The van der Waals surface area contributed by atoms with Gasteiger partial charge in [-0.15, -0.1) is 0 Å². The molecule has 0 amide bonds. The Morgan fingerprint density at radius 2 is 0.697 bits per heavy atom. The molecule has 7 aromatic rings. The van der Waals surface area contributed by atoms with E-state index in [4.69, 9.17) is 0 Å². The first-order chi connectivity index (χ1) is 55.6. The second-order valence-corrected chi connectivity index (χ2v) is 44.3. The summed E-state index contributed by atoms with van der Waals surface area (Å²) in [6.07, 6.45) is 43.9. The summed E-state index contributed by atoms with van der Waals surface area (Å²) in [6.45, 7) is 77.1. The summed E-state index contributed by atoms with van der Waals surface area (Å²) >= 11 is 0. The second-order valence-electron chi connectivity index (χ2n) is 44.3. The van der Waals surface area contributed by atoms with Gasteiger partial charge in [0.25, 0.3) is 0 Å². The summed E-state index contributed by atoms with van der Waals surface area (Å²) in [7, 11) is 0. The first-order valence-electron chi connectivity index (χ1n) is 49.0. The smallest absolute Gasteiger partial charge is 0.00258 e. The Balaban J connectivity index is 0.000000345. The van der Waals surface area contributed by atoms with Crippen LogP contribution in [-0.4, -0.2) is 0 Å². The van der Waals surface area contributed by atoms with Gasteiger partial charge in [0.05, 0.1) is 0 Å². The average Bonchev–Trinajstić information content (AvgIpc) is 0.758. The maximum atomic E-state index is 2.57. The van der Waals surface area contributed by atoms with Crippen molar-refractivity contribution in [3.05, 3.63) is 245 Å². The minimum atomic E-state index is 0.251. The molecule has 668 valence electrons. The molecule has 0 bridgehead atoms. The zero-order valence-corrected chi connectivity index (χ0v) is 85.0. The van der Waals surface area contributed by atoms with Crippen LogP contribution in [0.3, 0.4) is 0 Å². The molecule has 2 unspecified atom stereocenters. The summed E-state index contributed by atoms with van der Waals surface area (Å²) < 4.78 is 0. The van der Waals surface area contributed by atoms with E-state index in [0.29, 0.717) is 16.2 Å². The largest absolute Gasteiger partial charge is 0.0654 e. The third-order valence-electron chi connectivity index (χ3n) is 28.5. The number of hydrogen-bond acceptors (Lipinski definition) is 0. The fraction of sp³-hybridized carbons (Fsp3) is 0.647. The van der Waals surface area contributed by atoms with Crippen LogP contribution in [0.1, 0.15) is 430 Å². The number of rotatable bonds is 12. The molecule has 2 atom stereocenters. The van der Waals surface area contributed by atoms with E-state index in [-0.39, 0.29) is 16.2 Å². The van der Waals surface area contributed by atoms with Gasteiger partial charge in [-0.05, 0) is 307 Å². The molecule has 5 fully saturated rings. The van der Waals surface area contributed by atoms with Crippen molar-refractivity contribution in [1.29, 1.82) is 0 Å². The van der Waals surface area contributed by atoms with E-state index >= 15 is 0 Å². The Morgan fingerprint density at radius 1 is 0.319 bits per heavy atom. The normalized spacial score (nSPS) is 19.9. The van der Waals surface area contributed by atoms with Crippen LogP contribution < -0.4 is 0 Å². The highest BCUT2D eigenvalue weighted by Crippen LogP contribution is 2.51. The summed E-state index contributed by atoms with van der Waals surface area (Å²) in [6, 6.07) is 50.1. The lowest BCUT2D eigenvalue weighted by Crippen LogP contribution is -2.35. The van der Waals surface area contributed by atoms with Gasteiger partial charge in [-0.1, -0.05) is 441 Å². The van der Waals surface area contributed by atoms with E-state index < -0.39 is 0 Å². The van der Waals surface area contributed by atoms with Crippen molar-refractivity contribution in [2.24, 2.45) is 57.7 Å². The van der Waals surface area contributed by atoms with Crippen LogP contribution >= 0.6 is 0 Å². The highest BCUT2D eigenvalue weighted by atomic mass is 14.4. The molecule has 5 aliphatic rings. The standard InChI is InChI=1S/C15H28.C15H16.C15H28.2C14H22.C12H24.2C9H12.C8H10.C8H18/c2*1-12-3-7-14(8-4-12)11-15-9-5-13(2)6-10-15;1-15(2,13-9-5-3-6-10-13)14-11-7-4-8-12-14;1-9-8-13(14(5,6)7)12(4)11(3)10(9)2;1-13(2,3)11-8-7-9-12(10-11)14(4,5)6;1-6-12(5)8-10(2)7-11(3,4)9-12;1-7-4-5-8(2)9(3)6-7;1-7-5-4-6-8(2)9(7)3;1-7-3-5-8(2)6-4-7;1-3-5-7-8-6-4-2/h12-15H,3-11H2,1-2H3;3-10H,11H2,1-2H3;13-14H,3-12H2,1-2H3;8H,1-7H3;7-10H,1-6H3;10H,6-9H2,1-5H3;2*4-6H,1-3H3;3-6H,1-2H3;3-8H2,1-2H3. The first-order valence-corrected chi connectivity index (χ1v) is 49.0. The van der Waals surface area contributed by atoms with Gasteiger partial charge in [-0.2, -0.15) is 0 Å². The van der Waals surface area contributed by atoms with Crippen LogP contribution in [0.5, 0.6) is 0 Å². The molecule has 0 radical (unpaired) electrons. The van der Waals surface area contributed by atoms with E-state index in [2.05, 4.69) is 375 Å². The predicted octanol–water partition coefficient (Wildman–Crippen LogP) is 37.7. The number of unbranched alkanes of at least 4 members (excludes halogenated alkanes) is 5. The maximum absolute atomic E-state index is 2.57. The third-order valence-corrected chi connectivity index (χ3v) is 28.5. The van der Waals surface area contributed by atoms with Gasteiger partial charge in [0.15, 0.2) is 0 Å². The van der Waals surface area contributed by atoms with Crippen molar-refractivity contribution in [3.63, 3.8) is 0 Å². The SMILES string of the molecule is CC(C)(C)c1cccc(C(C)(C)C)c1.CC(C)(C1CCCCC1)C1CCCCC1.CC1CCC(CC2CCC(C)CC2)CC1.CCC1(C)CC(C)CC(C)(C)C1.CCCCCCCC.Cc1cc(C(C)(C)C)c(C)c(C)c1C.Cc1ccc(C)c(C)c1.Cc1ccc(C)cc1.Cc1ccc(Cc2ccc(C)cc2)cc1.Cc1cccc(C)c1C. The minimum absolute atomic E-state index is 0.251. The second kappa shape index (κ2) is 53.7. The molecule has 0 heterocycles. The Morgan fingerprint density at radius 3 is 1.03 bits per heavy atom. The Kier molecular flexibility index (Phi) is 48.6. The zero-order chi connectivity index (χ0) is 89.5. The predicted molar refractivity (Wildman–Crippen MR) is 538 cm³/mol. The molecule has 12 rings (SSSR count). The van der Waals surface area contributed by atoms with E-state index in [1.165, 1.54) is 285 Å². The van der Waals surface area contributed by atoms with E-state index in [1.807, 2.05) is 0 Å². The van der Waals surface area contributed by atoms with Gasteiger partial charge in [-0.25, -0.2) is 0 Å². The summed E-state index contributed by atoms with van der Waals surface area (Å²) in [5.74, 6) is 7.24. The molecule has 5 saturated carbocycles. The number of benzene rings is 7. The fourth-order valence-electron chi connectivity index (χ4n) is 19.4. The fourth-order valence-corrected chi connectivity index (χ4v) is 19.4. The lowest BCUT2D eigenvalue weighted by molar-refractivity contribution is 0.0581. The van der Waals surface area contributed by atoms with Crippen LogP contribution in [0.15, 0.2) is 140 Å². The minimum Gasteiger partial charge on any atom is -0.0654 e. The van der Waals surface area contributed by atoms with Crippen molar-refractivity contribution < 1.29 is 0 Å². The van der Waals surface area contributed by atoms with Crippen molar-refractivity contribution in [2.75, 3.05) is 0 Å². The maximum Gasteiger partial charge on any atom is -0.00258 e. The molecule has 0 spiro atoms. The van der Waals surface area contributed by atoms with Crippen LogP contribution in [0.4, 0.5) is 0 Å². The molecule has 0 aliphatic heterocycles. The van der Waals surface area contributed by atoms with Gasteiger partial charge < -0.3 is 0 Å². The molecule has 0 heteroatoms. The molecule has 0 aromatic heterocycles. The zero-order valence-electron chi connectivity index (χ0n) is 85.0. The number of hydrogen-bond donors (Lipinski definition) is 0. The van der Waals surface area contributed by atoms with Gasteiger partial charge in [-0.3, -0.25) is 0 Å². The van der Waals surface area contributed by atoms with E-state index in [0.717, 1.165) is 47.8 Å². The molecule has 5 aliphatic carbocycles. The van der Waals surface area contributed by atoms with Crippen LogP contribution in [-0.2, 0) is 22.7 Å². The van der Waals surface area contributed by atoms with Gasteiger partial charge in [0.2, 0.25) is 0 Å². The Bertz CT molecular complexity index is 3670. The quantitative estimate of drug-likeness (QED) is 0.107. The lowest BCUT2D eigenvalue weighted by Gasteiger charge is -2.45. The van der Waals surface area contributed by atoms with Crippen molar-refractivity contribution in [2.45, 2.75) is 444 Å². The van der Waals surface area contributed by atoms with Crippen LogP contribution in [0.2, 0.25) is 0 Å². The molecule has 7 aromatic carbocycles. The Hall–Kier alpha value is -5.46. The monoisotopic (exact) mass is 1620 g/mol. The molecule has 0 N–H and O–H groups in total. The molecule has 0 nitrogen and oxygen atoms in total. The average molecular weight is 1620 g/mol. The number of aryl methyl sites for hydroxylation is 10. The summed E-state index contributed by atoms with van der Waals surface area (Å²) in [5.41, 5.74) is 29.1. The highest BCUT2D eigenvalue weighted by Gasteiger charge is 2.39. The molecule has 0 saturated heterocycles. The Labute approximate surface area is 742 Å². The lowest BCUT2D eigenvalue weighted by atomic mass is 9.60. The third kappa shape index (κ3) is 42.7. The van der Waals surface area contributed by atoms with Crippen molar-refractivity contribution in [1.82, 2.24) is 0 Å². The van der Waals surface area contributed by atoms with E-state index in [1.54, 1.807) is 6.42 Å². The summed E-state index contributed by atoms with van der Waals surface area (Å²) in [4.78, 5) is 0. The first kappa shape index (κ1) is 108. The van der Waals surface area contributed by atoms with Crippen LogP contribution in [0.25, 0.3) is 0 Å². The topological polar surface area (TPSA) is 0 Å². The van der Waals surface area contributed by atoms with Gasteiger partial charge in [0.1, 0.15) is 0 Å².